The summed E-state index contributed by atoms with van der Waals surface area (Å²) < 4.78 is 11.1. The summed E-state index contributed by atoms with van der Waals surface area (Å²) >= 11 is 3.29. The maximum atomic E-state index is 12.3. The summed E-state index contributed by atoms with van der Waals surface area (Å²) in [6, 6.07) is 15.0. The van der Waals surface area contributed by atoms with Gasteiger partial charge in [-0.1, -0.05) is 72.2 Å². The molecule has 7 heteroatoms. The largest absolute Gasteiger partial charge is 0.456 e. The number of carbonyl (C=O) groups is 3. The molecule has 0 heterocycles. The Morgan fingerprint density at radius 3 is 2.21 bits per heavy atom. The standard InChI is InChI=1S/C21H22BrNO5/c1-14(2)19(23-21(26)28-12-15-6-4-3-5-7-15)20(25)27-13-18(24)16-8-10-17(22)11-9-16/h3-11,14,19H,12-13H2,1-2H3,(H,23,26). The number of rotatable bonds is 8. The van der Waals surface area contributed by atoms with Crippen LogP contribution in [0.4, 0.5) is 4.79 Å². The molecule has 0 aliphatic carbocycles. The Kier molecular flexibility index (Phi) is 8.19. The first kappa shape index (κ1) is 21.6. The van der Waals surface area contributed by atoms with Gasteiger partial charge >= 0.3 is 12.1 Å². The van der Waals surface area contributed by atoms with Gasteiger partial charge in [0.05, 0.1) is 0 Å². The maximum absolute atomic E-state index is 12.3. The fraction of sp³-hybridized carbons (Fsp3) is 0.286. The van der Waals surface area contributed by atoms with Crippen molar-refractivity contribution in [3.05, 3.63) is 70.2 Å². The average molecular weight is 448 g/mol. The highest BCUT2D eigenvalue weighted by Gasteiger charge is 2.27. The van der Waals surface area contributed by atoms with E-state index >= 15 is 0 Å². The molecule has 0 saturated heterocycles. The van der Waals surface area contributed by atoms with E-state index in [1.54, 1.807) is 38.1 Å². The molecule has 6 nitrogen and oxygen atoms in total. The molecular formula is C21H22BrNO5. The minimum absolute atomic E-state index is 0.0919. The molecule has 2 aromatic carbocycles. The molecule has 0 radical (unpaired) electrons. The van der Waals surface area contributed by atoms with E-state index in [2.05, 4.69) is 21.2 Å². The van der Waals surface area contributed by atoms with Crippen LogP contribution >= 0.6 is 15.9 Å². The molecule has 0 spiro atoms. The van der Waals surface area contributed by atoms with E-state index in [-0.39, 0.29) is 18.3 Å². The van der Waals surface area contributed by atoms with Gasteiger partial charge in [-0.15, -0.1) is 0 Å². The molecule has 0 bridgehead atoms. The Hall–Kier alpha value is -2.67. The second kappa shape index (κ2) is 10.6. The van der Waals surface area contributed by atoms with E-state index in [9.17, 15) is 14.4 Å². The highest BCUT2D eigenvalue weighted by atomic mass is 79.9. The number of hydrogen-bond donors (Lipinski definition) is 1. The van der Waals surface area contributed by atoms with Gasteiger partial charge in [0.15, 0.2) is 12.4 Å². The molecule has 1 amide bonds. The zero-order chi connectivity index (χ0) is 20.5. The van der Waals surface area contributed by atoms with Gasteiger partial charge in [0.2, 0.25) is 0 Å². The minimum atomic E-state index is -0.916. The van der Waals surface area contributed by atoms with Crippen LogP contribution < -0.4 is 5.32 Å². The van der Waals surface area contributed by atoms with Gasteiger partial charge in [0.25, 0.3) is 0 Å². The summed E-state index contributed by atoms with van der Waals surface area (Å²) in [6.07, 6.45) is -0.723. The monoisotopic (exact) mass is 447 g/mol. The van der Waals surface area contributed by atoms with Gasteiger partial charge in [-0.25, -0.2) is 9.59 Å². The Morgan fingerprint density at radius 1 is 0.964 bits per heavy atom. The number of alkyl carbamates (subject to hydrolysis) is 1. The Balaban J connectivity index is 1.85. The van der Waals surface area contributed by atoms with Crippen molar-refractivity contribution in [2.75, 3.05) is 6.61 Å². The van der Waals surface area contributed by atoms with Crippen LogP contribution in [0.1, 0.15) is 29.8 Å². The van der Waals surface area contributed by atoms with Crippen molar-refractivity contribution in [3.8, 4) is 0 Å². The minimum Gasteiger partial charge on any atom is -0.456 e. The third-order valence-corrected chi connectivity index (χ3v) is 4.45. The highest BCUT2D eigenvalue weighted by molar-refractivity contribution is 9.10. The fourth-order valence-electron chi connectivity index (χ4n) is 2.34. The third kappa shape index (κ3) is 6.81. The van der Waals surface area contributed by atoms with Crippen LogP contribution in [0, 0.1) is 5.92 Å². The van der Waals surface area contributed by atoms with E-state index in [0.29, 0.717) is 5.56 Å². The van der Waals surface area contributed by atoms with Crippen LogP contribution in [0.2, 0.25) is 0 Å². The number of ketones is 1. The molecule has 0 fully saturated rings. The van der Waals surface area contributed by atoms with E-state index in [0.717, 1.165) is 10.0 Å². The quantitative estimate of drug-likeness (QED) is 0.485. The van der Waals surface area contributed by atoms with Crippen molar-refractivity contribution < 1.29 is 23.9 Å². The molecule has 1 unspecified atom stereocenters. The molecule has 148 valence electrons. The van der Waals surface area contributed by atoms with Crippen molar-refractivity contribution in [3.63, 3.8) is 0 Å². The van der Waals surface area contributed by atoms with Gasteiger partial charge in [-0.05, 0) is 23.6 Å². The van der Waals surface area contributed by atoms with Gasteiger partial charge in [-0.3, -0.25) is 4.79 Å². The third-order valence-electron chi connectivity index (χ3n) is 3.92. The first-order chi connectivity index (χ1) is 13.4. The highest BCUT2D eigenvalue weighted by Crippen LogP contribution is 2.12. The van der Waals surface area contributed by atoms with Crippen LogP contribution in [0.5, 0.6) is 0 Å². The lowest BCUT2D eigenvalue weighted by molar-refractivity contribution is -0.146. The SMILES string of the molecule is CC(C)C(NC(=O)OCc1ccccc1)C(=O)OCC(=O)c1ccc(Br)cc1. The number of hydrogen-bond acceptors (Lipinski definition) is 5. The summed E-state index contributed by atoms with van der Waals surface area (Å²) in [4.78, 5) is 36.5. The second-order valence-electron chi connectivity index (χ2n) is 6.47. The van der Waals surface area contributed by atoms with Crippen LogP contribution in [0.25, 0.3) is 0 Å². The van der Waals surface area contributed by atoms with Crippen LogP contribution in [-0.4, -0.2) is 30.5 Å². The van der Waals surface area contributed by atoms with Crippen molar-refractivity contribution in [2.45, 2.75) is 26.5 Å². The fourth-order valence-corrected chi connectivity index (χ4v) is 2.60. The summed E-state index contributed by atoms with van der Waals surface area (Å²) in [5.41, 5.74) is 1.27. The van der Waals surface area contributed by atoms with E-state index < -0.39 is 24.7 Å². The molecule has 1 atom stereocenters. The molecule has 0 aromatic heterocycles. The van der Waals surface area contributed by atoms with Crippen LogP contribution in [0.15, 0.2) is 59.1 Å². The summed E-state index contributed by atoms with van der Waals surface area (Å²) in [7, 11) is 0. The Labute approximate surface area is 172 Å². The first-order valence-electron chi connectivity index (χ1n) is 8.79. The van der Waals surface area contributed by atoms with Gasteiger partial charge in [0.1, 0.15) is 12.6 Å². The number of amides is 1. The Bertz CT molecular complexity index is 805. The zero-order valence-electron chi connectivity index (χ0n) is 15.7. The predicted octanol–water partition coefficient (Wildman–Crippen LogP) is 4.13. The normalized spacial score (nSPS) is 11.6. The predicted molar refractivity (Wildman–Crippen MR) is 108 cm³/mol. The lowest BCUT2D eigenvalue weighted by Gasteiger charge is -2.20. The number of halogens is 1. The number of benzene rings is 2. The van der Waals surface area contributed by atoms with E-state index in [4.69, 9.17) is 9.47 Å². The van der Waals surface area contributed by atoms with Crippen molar-refractivity contribution in [2.24, 2.45) is 5.92 Å². The summed E-state index contributed by atoms with van der Waals surface area (Å²) in [5, 5.41) is 2.50. The van der Waals surface area contributed by atoms with Gasteiger partial charge in [0, 0.05) is 10.0 Å². The Morgan fingerprint density at radius 2 is 1.61 bits per heavy atom. The van der Waals surface area contributed by atoms with E-state index in [1.165, 1.54) is 0 Å². The number of nitrogens with one attached hydrogen (secondary N) is 1. The summed E-state index contributed by atoms with van der Waals surface area (Å²) in [6.45, 7) is 3.22. The van der Waals surface area contributed by atoms with Gasteiger partial charge < -0.3 is 14.8 Å². The molecule has 0 saturated carbocycles. The molecule has 0 aliphatic heterocycles. The van der Waals surface area contributed by atoms with Gasteiger partial charge in [-0.2, -0.15) is 0 Å². The van der Waals surface area contributed by atoms with Crippen LogP contribution in [-0.2, 0) is 20.9 Å². The molecule has 2 rings (SSSR count). The van der Waals surface area contributed by atoms with Crippen molar-refractivity contribution in [1.29, 1.82) is 0 Å². The lowest BCUT2D eigenvalue weighted by atomic mass is 10.1. The first-order valence-corrected chi connectivity index (χ1v) is 9.58. The molecule has 28 heavy (non-hydrogen) atoms. The number of ether oxygens (including phenoxy) is 2. The smallest absolute Gasteiger partial charge is 0.408 e. The molecule has 0 aliphatic rings. The number of Topliss-reactive ketones (excluding diaryl/α,β-unsaturated/α-hetero) is 1. The van der Waals surface area contributed by atoms with Crippen molar-refractivity contribution >= 4 is 33.8 Å². The summed E-state index contributed by atoms with van der Waals surface area (Å²) in [5.74, 6) is -1.24. The number of carbonyl (C=O) groups excluding carboxylic acids is 3. The zero-order valence-corrected chi connectivity index (χ0v) is 17.3. The average Bonchev–Trinajstić information content (AvgIpc) is 2.69. The van der Waals surface area contributed by atoms with Crippen LogP contribution in [0.3, 0.4) is 0 Å². The van der Waals surface area contributed by atoms with E-state index in [1.807, 2.05) is 30.3 Å². The topological polar surface area (TPSA) is 81.7 Å². The lowest BCUT2D eigenvalue weighted by Crippen LogP contribution is -2.45. The second-order valence-corrected chi connectivity index (χ2v) is 7.38. The van der Waals surface area contributed by atoms with Crippen molar-refractivity contribution in [1.82, 2.24) is 5.32 Å². The number of esters is 1. The molecule has 2 aromatic rings. The molecular weight excluding hydrogens is 426 g/mol. The molecule has 1 N–H and O–H groups in total. The maximum Gasteiger partial charge on any atom is 0.408 e.